The molecular formula is C45H54N8O9. The maximum Gasteiger partial charge on any atom is 0.407 e. The topological polar surface area (TPSA) is 202 Å². The molecule has 8 rings (SSSR count). The summed E-state index contributed by atoms with van der Waals surface area (Å²) < 4.78 is 27.0. The number of hydrogen-bond donors (Lipinski definition) is 4. The number of nitrogens with one attached hydrogen (secondary N) is 4. The van der Waals surface area contributed by atoms with Crippen molar-refractivity contribution < 1.29 is 42.9 Å². The summed E-state index contributed by atoms with van der Waals surface area (Å²) in [6, 6.07) is 11.8. The van der Waals surface area contributed by atoms with E-state index in [0.717, 1.165) is 68.3 Å². The molecule has 8 atom stereocenters. The van der Waals surface area contributed by atoms with Gasteiger partial charge in [0.15, 0.2) is 0 Å². The number of alkyl carbamates (subject to hydrolysis) is 2. The van der Waals surface area contributed by atoms with E-state index >= 15 is 0 Å². The monoisotopic (exact) mass is 850 g/mol. The number of ether oxygens (including phenoxy) is 5. The third-order valence-electron chi connectivity index (χ3n) is 12.9. The van der Waals surface area contributed by atoms with E-state index in [1.54, 1.807) is 29.8 Å². The zero-order valence-corrected chi connectivity index (χ0v) is 36.2. The van der Waals surface area contributed by atoms with Gasteiger partial charge in [-0.3, -0.25) is 9.59 Å². The van der Waals surface area contributed by atoms with Gasteiger partial charge in [0, 0.05) is 37.3 Å². The number of H-pyrrole nitrogens is 2. The van der Waals surface area contributed by atoms with Crippen LogP contribution < -0.4 is 15.4 Å². The first-order chi connectivity index (χ1) is 29.8. The highest BCUT2D eigenvalue weighted by Gasteiger charge is 2.44. The Kier molecular flexibility index (Phi) is 11.8. The second-order valence-corrected chi connectivity index (χ2v) is 16.5. The van der Waals surface area contributed by atoms with Crippen molar-refractivity contribution in [3.05, 3.63) is 65.9 Å². The zero-order valence-electron chi connectivity index (χ0n) is 36.2. The molecule has 0 radical (unpaired) electrons. The zero-order chi connectivity index (χ0) is 44.0. The summed E-state index contributed by atoms with van der Waals surface area (Å²) in [6.45, 7) is 7.83. The Hall–Kier alpha value is -6.20. The van der Waals surface area contributed by atoms with Gasteiger partial charge in [-0.05, 0) is 99.7 Å². The summed E-state index contributed by atoms with van der Waals surface area (Å²) in [7, 11) is 5.52. The van der Waals surface area contributed by atoms with Crippen LogP contribution in [0.5, 0.6) is 5.75 Å². The lowest BCUT2D eigenvalue weighted by Gasteiger charge is -2.33. The first-order valence-corrected chi connectivity index (χ1v) is 21.0. The summed E-state index contributed by atoms with van der Waals surface area (Å²) in [5, 5.41) is 7.23. The highest BCUT2D eigenvalue weighted by Crippen LogP contribution is 2.44. The predicted octanol–water partition coefficient (Wildman–Crippen LogP) is 6.29. The van der Waals surface area contributed by atoms with E-state index in [1.165, 1.54) is 28.4 Å². The van der Waals surface area contributed by atoms with E-state index in [1.807, 2.05) is 26.0 Å². The molecule has 17 heteroatoms. The molecule has 2 unspecified atom stereocenters. The Morgan fingerprint density at radius 3 is 1.97 bits per heavy atom. The normalized spacial score (nSPS) is 21.4. The highest BCUT2D eigenvalue weighted by molar-refractivity contribution is 6.07. The molecule has 328 valence electrons. The first kappa shape index (κ1) is 42.5. The quantitative estimate of drug-likeness (QED) is 0.116. The first-order valence-electron chi connectivity index (χ1n) is 21.0. The van der Waals surface area contributed by atoms with Crippen molar-refractivity contribution in [2.75, 3.05) is 28.4 Å². The fourth-order valence-electron chi connectivity index (χ4n) is 9.26. The van der Waals surface area contributed by atoms with E-state index in [9.17, 15) is 19.2 Å². The molecule has 17 nitrogen and oxygen atoms in total. The molecular weight excluding hydrogens is 797 g/mol. The van der Waals surface area contributed by atoms with Crippen LogP contribution in [0.15, 0.2) is 48.7 Å². The van der Waals surface area contributed by atoms with E-state index in [4.69, 9.17) is 33.7 Å². The predicted molar refractivity (Wildman–Crippen MR) is 229 cm³/mol. The van der Waals surface area contributed by atoms with Crippen molar-refractivity contribution in [1.29, 1.82) is 0 Å². The lowest BCUT2D eigenvalue weighted by molar-refractivity contribution is -0.140. The van der Waals surface area contributed by atoms with Crippen molar-refractivity contribution in [2.45, 2.75) is 108 Å². The largest absolute Gasteiger partial charge is 0.488 e. The maximum atomic E-state index is 14.0. The summed E-state index contributed by atoms with van der Waals surface area (Å²) in [5.74, 6) is 1.57. The average molecular weight is 851 g/mol. The minimum Gasteiger partial charge on any atom is -0.488 e. The van der Waals surface area contributed by atoms with Gasteiger partial charge in [-0.2, -0.15) is 0 Å². The second kappa shape index (κ2) is 17.3. The van der Waals surface area contributed by atoms with Gasteiger partial charge in [0.05, 0.1) is 61.4 Å². The number of aromatic amines is 2. The van der Waals surface area contributed by atoms with Crippen LogP contribution in [0.4, 0.5) is 9.59 Å². The van der Waals surface area contributed by atoms with E-state index in [2.05, 4.69) is 50.9 Å². The van der Waals surface area contributed by atoms with Gasteiger partial charge < -0.3 is 54.1 Å². The van der Waals surface area contributed by atoms with E-state index in [-0.39, 0.29) is 36.0 Å². The third kappa shape index (κ3) is 7.67. The molecule has 2 fully saturated rings. The molecule has 4 N–H and O–H groups in total. The van der Waals surface area contributed by atoms with Gasteiger partial charge in [0.1, 0.15) is 36.1 Å². The van der Waals surface area contributed by atoms with E-state index < -0.39 is 36.5 Å². The van der Waals surface area contributed by atoms with Crippen LogP contribution in [0.1, 0.15) is 82.7 Å². The molecule has 3 aliphatic heterocycles. The Morgan fingerprint density at radius 1 is 0.758 bits per heavy atom. The molecule has 2 saturated heterocycles. The molecule has 2 aromatic heterocycles. The van der Waals surface area contributed by atoms with E-state index in [0.29, 0.717) is 31.1 Å². The number of hydrogen-bond acceptors (Lipinski definition) is 11. The van der Waals surface area contributed by atoms with Gasteiger partial charge in [0.2, 0.25) is 11.8 Å². The summed E-state index contributed by atoms with van der Waals surface area (Å²) >= 11 is 0. The Bertz CT molecular complexity index is 2520. The molecule has 0 saturated carbocycles. The molecule has 4 amide bonds. The van der Waals surface area contributed by atoms with Gasteiger partial charge in [-0.25, -0.2) is 19.6 Å². The minimum atomic E-state index is -0.938. The van der Waals surface area contributed by atoms with Crippen molar-refractivity contribution >= 4 is 45.8 Å². The lowest BCUT2D eigenvalue weighted by Crippen LogP contribution is -2.55. The number of rotatable bonds is 11. The Labute approximate surface area is 359 Å². The SMILES string of the molecule is COC(=O)NC(C(=O)N1C(c2nc3c(ccc4cc5c(cc43)OCc3cc(-c4cnc([C@@H]6CC[C@H](C)N6C(=O)[C@@H](NC(=O)OC)[C@H](C)OC)[nH]4)ccc3-5)[nH]2)CC[C@@H]1C)[C@H](C)OC. The molecule has 3 aliphatic rings. The fourth-order valence-corrected chi connectivity index (χ4v) is 9.26. The van der Waals surface area contributed by atoms with Crippen molar-refractivity contribution in [1.82, 2.24) is 40.4 Å². The summed E-state index contributed by atoms with van der Waals surface area (Å²) in [6.07, 6.45) is 2.18. The number of nitrogens with zero attached hydrogens (tertiary/aromatic N) is 4. The van der Waals surface area contributed by atoms with Crippen LogP contribution in [-0.2, 0) is 35.1 Å². The van der Waals surface area contributed by atoms with Crippen molar-refractivity contribution in [3.8, 4) is 28.1 Å². The minimum absolute atomic E-state index is 0.0750. The highest BCUT2D eigenvalue weighted by atomic mass is 16.5. The van der Waals surface area contributed by atoms with Crippen LogP contribution in [-0.4, -0.2) is 119 Å². The average Bonchev–Trinajstić information content (AvgIpc) is 4.11. The van der Waals surface area contributed by atoms with Crippen LogP contribution >= 0.6 is 0 Å². The molecule has 0 bridgehead atoms. The number of likely N-dealkylation sites (tertiary alicyclic amines) is 2. The molecule has 5 aromatic rings. The summed E-state index contributed by atoms with van der Waals surface area (Å²) in [5.41, 5.74) is 6.42. The lowest BCUT2D eigenvalue weighted by atomic mass is 9.92. The maximum absolute atomic E-state index is 14.0. The number of amides is 4. The number of carbonyl (C=O) groups excluding carboxylic acids is 4. The van der Waals surface area contributed by atoms with Crippen LogP contribution in [0.2, 0.25) is 0 Å². The fraction of sp³-hybridized carbons (Fsp3) is 0.467. The van der Waals surface area contributed by atoms with Crippen molar-refractivity contribution in [2.24, 2.45) is 0 Å². The van der Waals surface area contributed by atoms with Gasteiger partial charge in [0.25, 0.3) is 0 Å². The van der Waals surface area contributed by atoms with Gasteiger partial charge in [-0.15, -0.1) is 0 Å². The Balaban J connectivity index is 1.04. The van der Waals surface area contributed by atoms with Crippen LogP contribution in [0, 0.1) is 0 Å². The second-order valence-electron chi connectivity index (χ2n) is 16.5. The smallest absolute Gasteiger partial charge is 0.407 e. The third-order valence-corrected chi connectivity index (χ3v) is 12.9. The number of imidazole rings is 2. The molecule has 3 aromatic carbocycles. The van der Waals surface area contributed by atoms with Crippen LogP contribution in [0.3, 0.4) is 0 Å². The molecule has 62 heavy (non-hydrogen) atoms. The van der Waals surface area contributed by atoms with Gasteiger partial charge in [-0.1, -0.05) is 18.2 Å². The molecule has 0 aliphatic carbocycles. The number of fused-ring (bicyclic) bond motifs is 6. The van der Waals surface area contributed by atoms with Gasteiger partial charge >= 0.3 is 12.2 Å². The number of benzene rings is 3. The summed E-state index contributed by atoms with van der Waals surface area (Å²) in [4.78, 5) is 72.8. The standard InChI is InChI=1S/C45H54N8O9/c1-22-9-15-34(52(22)42(54)37(24(3)58-5)50-44(56)60-7)40-46-20-33(48-40)27-11-13-29-28(17-27)21-62-36-19-30-26(18-31(29)36)12-14-32-39(30)49-41(47-32)35-16-10-23(2)53(35)43(55)38(25(4)59-6)51-45(57)61-8/h11-14,17-20,22-25,34-35,37-38H,9-10,15-16,21H2,1-8H3,(H,46,48)(H,47,49)(H,50,56)(H,51,57)/t22-,23-,24-,25-,34-,35?,37-,38?/m0/s1. The Morgan fingerprint density at radius 2 is 1.37 bits per heavy atom. The van der Waals surface area contributed by atoms with Crippen molar-refractivity contribution in [3.63, 3.8) is 0 Å². The number of aromatic nitrogens is 4. The molecule has 5 heterocycles. The molecule has 0 spiro atoms. The number of carbonyl (C=O) groups is 4. The van der Waals surface area contributed by atoms with Crippen LogP contribution in [0.25, 0.3) is 44.2 Å². The number of methoxy groups -OCH3 is 4.